The van der Waals surface area contributed by atoms with Gasteiger partial charge in [-0.15, -0.1) is 0 Å². The minimum atomic E-state index is 0.525. The van der Waals surface area contributed by atoms with Gasteiger partial charge in [0.2, 0.25) is 0 Å². The Balaban J connectivity index is 1.88. The van der Waals surface area contributed by atoms with Crippen LogP contribution in [0.25, 0.3) is 10.8 Å². The van der Waals surface area contributed by atoms with Crippen molar-refractivity contribution in [3.8, 4) is 0 Å². The first-order valence-electron chi connectivity index (χ1n) is 8.15. The Kier molecular flexibility index (Phi) is 4.89. The third kappa shape index (κ3) is 3.45. The smallest absolute Gasteiger partial charge is 0.0537 e. The van der Waals surface area contributed by atoms with Crippen molar-refractivity contribution in [2.24, 2.45) is 5.92 Å². The van der Waals surface area contributed by atoms with Crippen molar-refractivity contribution in [3.05, 3.63) is 48.0 Å². The summed E-state index contributed by atoms with van der Waals surface area (Å²) in [6, 6.07) is 15.5. The lowest BCUT2D eigenvalue weighted by Gasteiger charge is -2.31. The molecular weight excluding hydrogens is 258 g/mol. The van der Waals surface area contributed by atoms with Crippen LogP contribution < -0.4 is 5.32 Å². The van der Waals surface area contributed by atoms with E-state index in [0.717, 1.165) is 32.2 Å². The highest BCUT2D eigenvalue weighted by atomic mass is 16.5. The fraction of sp³-hybridized carbons (Fsp3) is 0.474. The Morgan fingerprint density at radius 1 is 1.10 bits per heavy atom. The Morgan fingerprint density at radius 3 is 2.62 bits per heavy atom. The monoisotopic (exact) mass is 283 g/mol. The molecule has 21 heavy (non-hydrogen) atoms. The van der Waals surface area contributed by atoms with Crippen molar-refractivity contribution < 1.29 is 4.74 Å². The van der Waals surface area contributed by atoms with E-state index in [1.807, 2.05) is 0 Å². The highest BCUT2D eigenvalue weighted by Crippen LogP contribution is 2.33. The fourth-order valence-electron chi connectivity index (χ4n) is 3.43. The minimum absolute atomic E-state index is 0.525. The van der Waals surface area contributed by atoms with Crippen molar-refractivity contribution in [1.82, 2.24) is 5.32 Å². The molecule has 1 aliphatic rings. The first kappa shape index (κ1) is 14.6. The molecule has 0 aliphatic carbocycles. The summed E-state index contributed by atoms with van der Waals surface area (Å²) in [4.78, 5) is 0. The van der Waals surface area contributed by atoms with E-state index in [1.54, 1.807) is 0 Å². The summed E-state index contributed by atoms with van der Waals surface area (Å²) >= 11 is 0. The van der Waals surface area contributed by atoms with E-state index in [2.05, 4.69) is 54.7 Å². The predicted octanol–water partition coefficient (Wildman–Crippen LogP) is 3.96. The molecule has 0 spiro atoms. The van der Waals surface area contributed by atoms with Gasteiger partial charge < -0.3 is 10.1 Å². The lowest BCUT2D eigenvalue weighted by atomic mass is 9.80. The van der Waals surface area contributed by atoms with Crippen LogP contribution in [0.15, 0.2) is 42.5 Å². The van der Waals surface area contributed by atoms with Crippen LogP contribution in [0.3, 0.4) is 0 Å². The van der Waals surface area contributed by atoms with Gasteiger partial charge in [0.05, 0.1) is 6.61 Å². The van der Waals surface area contributed by atoms with Gasteiger partial charge >= 0.3 is 0 Å². The summed E-state index contributed by atoms with van der Waals surface area (Å²) < 4.78 is 5.79. The van der Waals surface area contributed by atoms with E-state index >= 15 is 0 Å². The van der Waals surface area contributed by atoms with Crippen LogP contribution in [0, 0.1) is 5.92 Å². The SMILES string of the molecule is CCOCC(c1ccc2ccccc2c1)C1CCNCC1. The lowest BCUT2D eigenvalue weighted by Crippen LogP contribution is -2.32. The molecule has 1 N–H and O–H groups in total. The second-order valence-electron chi connectivity index (χ2n) is 5.96. The Morgan fingerprint density at radius 2 is 1.86 bits per heavy atom. The van der Waals surface area contributed by atoms with Crippen LogP contribution in [0.1, 0.15) is 31.2 Å². The Bertz CT molecular complexity index is 575. The Labute approximate surface area is 127 Å². The third-order valence-corrected chi connectivity index (χ3v) is 4.66. The van der Waals surface area contributed by atoms with Crippen molar-refractivity contribution in [1.29, 1.82) is 0 Å². The maximum atomic E-state index is 5.79. The normalized spacial score (nSPS) is 18.0. The van der Waals surface area contributed by atoms with Crippen LogP contribution >= 0.6 is 0 Å². The summed E-state index contributed by atoms with van der Waals surface area (Å²) in [6.07, 6.45) is 2.51. The number of piperidine rings is 1. The second kappa shape index (κ2) is 7.06. The minimum Gasteiger partial charge on any atom is -0.381 e. The molecule has 1 fully saturated rings. The molecular formula is C19H25NO. The van der Waals surface area contributed by atoms with Gasteiger partial charge in [-0.2, -0.15) is 0 Å². The summed E-state index contributed by atoms with van der Waals surface area (Å²) in [5.41, 5.74) is 1.44. The zero-order valence-electron chi connectivity index (χ0n) is 12.8. The van der Waals surface area contributed by atoms with E-state index in [0.29, 0.717) is 5.92 Å². The average Bonchev–Trinajstić information content (AvgIpc) is 2.56. The molecule has 1 saturated heterocycles. The standard InChI is InChI=1S/C19H25NO/c1-2-21-14-19(16-9-11-20-12-10-16)18-8-7-15-5-3-4-6-17(15)13-18/h3-8,13,16,19-20H,2,9-12,14H2,1H3. The van der Waals surface area contributed by atoms with E-state index in [-0.39, 0.29) is 0 Å². The Hall–Kier alpha value is -1.38. The van der Waals surface area contributed by atoms with Crippen molar-refractivity contribution in [2.45, 2.75) is 25.7 Å². The highest BCUT2D eigenvalue weighted by molar-refractivity contribution is 5.83. The zero-order chi connectivity index (χ0) is 14.5. The molecule has 1 unspecified atom stereocenters. The third-order valence-electron chi connectivity index (χ3n) is 4.66. The van der Waals surface area contributed by atoms with E-state index in [4.69, 9.17) is 4.74 Å². The summed E-state index contributed by atoms with van der Waals surface area (Å²) in [5, 5.41) is 6.13. The van der Waals surface area contributed by atoms with Gasteiger partial charge in [-0.1, -0.05) is 42.5 Å². The number of rotatable bonds is 5. The van der Waals surface area contributed by atoms with Crippen molar-refractivity contribution in [3.63, 3.8) is 0 Å². The van der Waals surface area contributed by atoms with Crippen LogP contribution in [0.2, 0.25) is 0 Å². The van der Waals surface area contributed by atoms with Crippen LogP contribution in [0.4, 0.5) is 0 Å². The van der Waals surface area contributed by atoms with Gasteiger partial charge in [-0.25, -0.2) is 0 Å². The maximum Gasteiger partial charge on any atom is 0.0537 e. The molecule has 1 aliphatic heterocycles. The number of nitrogens with one attached hydrogen (secondary N) is 1. The molecule has 1 heterocycles. The quantitative estimate of drug-likeness (QED) is 0.897. The van der Waals surface area contributed by atoms with Crippen LogP contribution in [-0.4, -0.2) is 26.3 Å². The zero-order valence-corrected chi connectivity index (χ0v) is 12.8. The number of hydrogen-bond donors (Lipinski definition) is 1. The molecule has 2 aromatic carbocycles. The number of hydrogen-bond acceptors (Lipinski definition) is 2. The van der Waals surface area contributed by atoms with Gasteiger partial charge in [-0.05, 0) is 55.1 Å². The van der Waals surface area contributed by atoms with Crippen LogP contribution in [-0.2, 0) is 4.74 Å². The molecule has 2 nitrogen and oxygen atoms in total. The fourth-order valence-corrected chi connectivity index (χ4v) is 3.43. The van der Waals surface area contributed by atoms with Gasteiger partial charge in [0, 0.05) is 12.5 Å². The van der Waals surface area contributed by atoms with Crippen molar-refractivity contribution >= 4 is 10.8 Å². The lowest BCUT2D eigenvalue weighted by molar-refractivity contribution is 0.107. The largest absolute Gasteiger partial charge is 0.381 e. The molecule has 0 bridgehead atoms. The molecule has 1 atom stereocenters. The van der Waals surface area contributed by atoms with E-state index < -0.39 is 0 Å². The molecule has 0 amide bonds. The predicted molar refractivity (Wildman–Crippen MR) is 88.8 cm³/mol. The van der Waals surface area contributed by atoms with Gasteiger partial charge in [0.1, 0.15) is 0 Å². The maximum absolute atomic E-state index is 5.79. The molecule has 112 valence electrons. The first-order chi connectivity index (χ1) is 10.4. The van der Waals surface area contributed by atoms with E-state index in [9.17, 15) is 0 Å². The molecule has 0 radical (unpaired) electrons. The molecule has 3 rings (SSSR count). The summed E-state index contributed by atoms with van der Waals surface area (Å²) in [5.74, 6) is 1.26. The highest BCUT2D eigenvalue weighted by Gasteiger charge is 2.25. The first-order valence-corrected chi connectivity index (χ1v) is 8.15. The van der Waals surface area contributed by atoms with E-state index in [1.165, 1.54) is 29.2 Å². The summed E-state index contributed by atoms with van der Waals surface area (Å²) in [7, 11) is 0. The van der Waals surface area contributed by atoms with Gasteiger partial charge in [0.15, 0.2) is 0 Å². The van der Waals surface area contributed by atoms with Gasteiger partial charge in [0.25, 0.3) is 0 Å². The average molecular weight is 283 g/mol. The molecule has 0 aromatic heterocycles. The molecule has 2 heteroatoms. The van der Waals surface area contributed by atoms with Gasteiger partial charge in [-0.3, -0.25) is 0 Å². The summed E-state index contributed by atoms with van der Waals surface area (Å²) in [6.45, 7) is 6.01. The molecule has 0 saturated carbocycles. The molecule has 2 aromatic rings. The van der Waals surface area contributed by atoms with Crippen LogP contribution in [0.5, 0.6) is 0 Å². The topological polar surface area (TPSA) is 21.3 Å². The number of fused-ring (bicyclic) bond motifs is 1. The second-order valence-corrected chi connectivity index (χ2v) is 5.96. The number of benzene rings is 2. The van der Waals surface area contributed by atoms with Crippen molar-refractivity contribution in [2.75, 3.05) is 26.3 Å². The number of ether oxygens (including phenoxy) is 1.